The Morgan fingerprint density at radius 2 is 1.47 bits per heavy atom. The Bertz CT molecular complexity index is 1740. The van der Waals surface area contributed by atoms with Crippen LogP contribution >= 0.6 is 0 Å². The molecule has 0 saturated carbocycles. The number of aliphatic hydroxyl groups is 2. The lowest BCUT2D eigenvalue weighted by molar-refractivity contribution is 0.393. The first kappa shape index (κ1) is 17.9. The van der Waals surface area contributed by atoms with Crippen molar-refractivity contribution in [1.29, 1.82) is 0 Å². The van der Waals surface area contributed by atoms with Gasteiger partial charge in [-0.25, -0.2) is 0 Å². The molecule has 4 aliphatic rings. The summed E-state index contributed by atoms with van der Waals surface area (Å²) in [4.78, 5) is 51.4. The molecule has 30 heavy (non-hydrogen) atoms. The molecule has 0 aromatic heterocycles. The first-order valence-corrected chi connectivity index (χ1v) is 8.83. The maximum absolute atomic E-state index is 13.2. The van der Waals surface area contributed by atoms with Crippen molar-refractivity contribution in [2.24, 2.45) is 0 Å². The maximum Gasteiger partial charge on any atom is 0.232 e. The fraction of sp³-hybridized carbons (Fsp3) is 0.0909. The summed E-state index contributed by atoms with van der Waals surface area (Å²) in [5.74, 6) is -2.08. The van der Waals surface area contributed by atoms with E-state index in [0.717, 1.165) is 13.2 Å². The van der Waals surface area contributed by atoms with Gasteiger partial charge in [0, 0.05) is 11.6 Å². The first-order chi connectivity index (χ1) is 14.3. The van der Waals surface area contributed by atoms with E-state index in [9.17, 15) is 34.5 Å². The van der Waals surface area contributed by atoms with Crippen molar-refractivity contribution < 1.29 is 20.1 Å². The van der Waals surface area contributed by atoms with Gasteiger partial charge in [-0.15, -0.1) is 0 Å². The molecule has 0 heterocycles. The Balaban J connectivity index is 2.14. The van der Waals surface area contributed by atoms with Gasteiger partial charge in [-0.1, -0.05) is 24.3 Å². The summed E-state index contributed by atoms with van der Waals surface area (Å²) in [7, 11) is 1.14. The molecule has 8 heteroatoms. The van der Waals surface area contributed by atoms with Crippen molar-refractivity contribution in [2.75, 3.05) is 7.11 Å². The maximum atomic E-state index is 13.2. The second kappa shape index (κ2) is 5.44. The molecule has 3 N–H and O–H groups in total. The summed E-state index contributed by atoms with van der Waals surface area (Å²) in [5, 5.41) is 29.9. The van der Waals surface area contributed by atoms with Crippen LogP contribution in [0.15, 0.2) is 49.5 Å². The third kappa shape index (κ3) is 1.76. The zero-order chi connectivity index (χ0) is 21.5. The SMILES string of the molecule is COc1cc(=O)c2c(=O)c3c(c(=O)c=2c1=O)=C(O)[C@@]1(C=Cc2cccc(O)c21)C=3O. The molecule has 1 aromatic rings. The highest BCUT2D eigenvalue weighted by atomic mass is 16.5. The van der Waals surface area contributed by atoms with Crippen molar-refractivity contribution in [1.82, 2.24) is 0 Å². The topological polar surface area (TPSA) is 138 Å². The molecule has 148 valence electrons. The molecule has 0 unspecified atom stereocenters. The van der Waals surface area contributed by atoms with E-state index in [4.69, 9.17) is 4.74 Å². The van der Waals surface area contributed by atoms with E-state index in [0.29, 0.717) is 5.56 Å². The molecule has 0 amide bonds. The molecule has 0 bridgehead atoms. The van der Waals surface area contributed by atoms with E-state index in [2.05, 4.69) is 0 Å². The number of fused-ring (bicyclic) bond motifs is 3. The molecule has 0 fully saturated rings. The summed E-state index contributed by atoms with van der Waals surface area (Å²) in [6, 6.07) is 5.31. The minimum absolute atomic E-state index is 0.0846. The number of ether oxygens (including phenoxy) is 1. The average Bonchev–Trinajstić information content (AvgIpc) is 3.21. The number of benzene rings is 1. The number of aliphatic hydroxyl groups excluding tert-OH is 2. The van der Waals surface area contributed by atoms with Gasteiger partial charge in [-0.05, 0) is 11.6 Å². The van der Waals surface area contributed by atoms with Crippen LogP contribution in [-0.4, -0.2) is 22.4 Å². The van der Waals surface area contributed by atoms with Crippen LogP contribution in [-0.2, 0) is 5.41 Å². The molecule has 0 aliphatic heterocycles. The van der Waals surface area contributed by atoms with Gasteiger partial charge >= 0.3 is 0 Å². The Kier molecular flexibility index (Phi) is 3.24. The zero-order valence-electron chi connectivity index (χ0n) is 15.3. The Hall–Kier alpha value is -4.20. The second-order valence-corrected chi connectivity index (χ2v) is 7.14. The third-order valence-electron chi connectivity index (χ3n) is 5.79. The standard InChI is InChI=1S/C22H12O8/c1-30-11-7-10(24)12-13(17(11)25)19(27)15-14(18(12)26)20(28)22(21(15)29)6-5-8-3-2-4-9(23)16(8)22/h2-7,23,28-29H,1H3/t22-/m1/s1. The van der Waals surface area contributed by atoms with Gasteiger partial charge in [0.15, 0.2) is 11.2 Å². The van der Waals surface area contributed by atoms with E-state index in [1.165, 1.54) is 18.2 Å². The third-order valence-corrected chi connectivity index (χ3v) is 5.79. The predicted octanol–water partition coefficient (Wildman–Crippen LogP) is -1.25. The molecule has 1 spiro atoms. The highest BCUT2D eigenvalue weighted by Crippen LogP contribution is 2.50. The van der Waals surface area contributed by atoms with Crippen LogP contribution < -0.4 is 36.9 Å². The quantitative estimate of drug-likeness (QED) is 0.458. The highest BCUT2D eigenvalue weighted by Gasteiger charge is 2.50. The van der Waals surface area contributed by atoms with Crippen LogP contribution in [0, 0.1) is 10.4 Å². The van der Waals surface area contributed by atoms with E-state index >= 15 is 0 Å². The van der Waals surface area contributed by atoms with Gasteiger partial charge < -0.3 is 20.1 Å². The van der Waals surface area contributed by atoms with Crippen LogP contribution in [0.25, 0.3) is 17.6 Å². The van der Waals surface area contributed by atoms with Crippen molar-refractivity contribution in [2.45, 2.75) is 5.41 Å². The summed E-state index contributed by atoms with van der Waals surface area (Å²) in [6.45, 7) is 0. The van der Waals surface area contributed by atoms with Crippen LogP contribution in [0.2, 0.25) is 0 Å². The minimum Gasteiger partial charge on any atom is -0.510 e. The van der Waals surface area contributed by atoms with Crippen LogP contribution in [0.4, 0.5) is 0 Å². The molecule has 0 radical (unpaired) electrons. The number of phenolic OH excluding ortho intramolecular Hbond substituents is 1. The van der Waals surface area contributed by atoms with Gasteiger partial charge in [0.05, 0.1) is 28.0 Å². The molecule has 5 rings (SSSR count). The fourth-order valence-corrected chi connectivity index (χ4v) is 4.46. The molecular formula is C22H12O8. The molecule has 8 nitrogen and oxygen atoms in total. The van der Waals surface area contributed by atoms with E-state index in [1.54, 1.807) is 12.1 Å². The molecular weight excluding hydrogens is 392 g/mol. The van der Waals surface area contributed by atoms with E-state index < -0.39 is 65.3 Å². The zero-order valence-corrected chi connectivity index (χ0v) is 15.3. The van der Waals surface area contributed by atoms with Crippen LogP contribution in [0.5, 0.6) is 11.5 Å². The van der Waals surface area contributed by atoms with Gasteiger partial charge in [0.25, 0.3) is 0 Å². The van der Waals surface area contributed by atoms with E-state index in [1.807, 2.05) is 0 Å². The van der Waals surface area contributed by atoms with Gasteiger partial charge in [0.2, 0.25) is 16.3 Å². The fourth-order valence-electron chi connectivity index (χ4n) is 4.46. The number of phenols is 1. The van der Waals surface area contributed by atoms with Crippen molar-refractivity contribution in [3.8, 4) is 11.5 Å². The van der Waals surface area contributed by atoms with Crippen molar-refractivity contribution >= 4 is 17.6 Å². The Morgan fingerprint density at radius 3 is 2.10 bits per heavy atom. The average molecular weight is 404 g/mol. The highest BCUT2D eigenvalue weighted by molar-refractivity contribution is 5.89. The largest absolute Gasteiger partial charge is 0.510 e. The Morgan fingerprint density at radius 1 is 0.833 bits per heavy atom. The monoisotopic (exact) mass is 404 g/mol. The van der Waals surface area contributed by atoms with Crippen LogP contribution in [0.1, 0.15) is 11.1 Å². The number of rotatable bonds is 1. The van der Waals surface area contributed by atoms with Gasteiger partial charge in [-0.3, -0.25) is 19.2 Å². The predicted molar refractivity (Wildman–Crippen MR) is 106 cm³/mol. The lowest BCUT2D eigenvalue weighted by Crippen LogP contribution is -2.51. The smallest absolute Gasteiger partial charge is 0.232 e. The number of methoxy groups -OCH3 is 1. The minimum atomic E-state index is -1.87. The lowest BCUT2D eigenvalue weighted by Gasteiger charge is -2.25. The number of hydrogen-bond acceptors (Lipinski definition) is 8. The molecule has 1 atom stereocenters. The van der Waals surface area contributed by atoms with Crippen molar-refractivity contribution in [3.63, 3.8) is 0 Å². The summed E-state index contributed by atoms with van der Waals surface area (Å²) in [5.41, 5.74) is -5.32. The summed E-state index contributed by atoms with van der Waals surface area (Å²) in [6.07, 6.45) is 2.87. The normalized spacial score (nSPS) is 19.0. The molecule has 1 aromatic carbocycles. The van der Waals surface area contributed by atoms with E-state index in [-0.39, 0.29) is 11.3 Å². The first-order valence-electron chi connectivity index (χ1n) is 8.83. The lowest BCUT2D eigenvalue weighted by atomic mass is 9.80. The van der Waals surface area contributed by atoms with Gasteiger partial charge in [0.1, 0.15) is 22.7 Å². The van der Waals surface area contributed by atoms with Gasteiger partial charge in [-0.2, -0.15) is 0 Å². The van der Waals surface area contributed by atoms with Crippen LogP contribution in [0.3, 0.4) is 0 Å². The second-order valence-electron chi connectivity index (χ2n) is 7.14. The Labute approximate surface area is 165 Å². The van der Waals surface area contributed by atoms with Crippen molar-refractivity contribution in [3.05, 3.63) is 103 Å². The number of hydrogen-bond donors (Lipinski definition) is 3. The molecule has 0 saturated heterocycles. The summed E-state index contributed by atoms with van der Waals surface area (Å²) < 4.78 is 4.83. The molecule has 4 aliphatic carbocycles. The number of aromatic hydroxyl groups is 1. The summed E-state index contributed by atoms with van der Waals surface area (Å²) >= 11 is 0.